The van der Waals surface area contributed by atoms with E-state index in [2.05, 4.69) is 111 Å². The first-order valence-corrected chi connectivity index (χ1v) is 23.9. The van der Waals surface area contributed by atoms with E-state index in [1.165, 1.54) is 25.7 Å². The molecule has 0 aromatic rings. The van der Waals surface area contributed by atoms with E-state index in [9.17, 15) is 14.3 Å². The van der Waals surface area contributed by atoms with Gasteiger partial charge in [-0.15, -0.1) is 0 Å². The van der Waals surface area contributed by atoms with Crippen LogP contribution in [-0.2, 0) is 27.9 Å². The molecule has 0 fully saturated rings. The topological polar surface area (TPSA) is 94.1 Å². The first-order valence-electron chi connectivity index (χ1n) is 22.5. The third kappa shape index (κ3) is 44.5. The summed E-state index contributed by atoms with van der Waals surface area (Å²) >= 11 is 0. The van der Waals surface area contributed by atoms with E-state index in [-0.39, 0.29) is 32.2 Å². The third-order valence-corrected chi connectivity index (χ3v) is 9.83. The molecular weight excluding hydrogens is 746 g/mol. The van der Waals surface area contributed by atoms with Crippen LogP contribution in [0.3, 0.4) is 0 Å². The minimum absolute atomic E-state index is 0.0102. The van der Waals surface area contributed by atoms with Crippen LogP contribution in [0.15, 0.2) is 97.2 Å². The van der Waals surface area contributed by atoms with Crippen molar-refractivity contribution in [3.8, 4) is 0 Å². The van der Waals surface area contributed by atoms with E-state index in [1.54, 1.807) is 0 Å². The lowest BCUT2D eigenvalue weighted by Crippen LogP contribution is -2.37. The molecule has 0 aliphatic carbocycles. The average Bonchev–Trinajstić information content (AvgIpc) is 3.18. The maximum Gasteiger partial charge on any atom is 0.306 e. The smallest absolute Gasteiger partial charge is 0.306 e. The number of allylic oxidation sites excluding steroid dienone is 16. The Hall–Kier alpha value is -2.58. The summed E-state index contributed by atoms with van der Waals surface area (Å²) in [6.45, 7) is 5.11. The van der Waals surface area contributed by atoms with E-state index < -0.39 is 13.9 Å². The Bertz CT molecular complexity index is 1240. The van der Waals surface area contributed by atoms with Crippen molar-refractivity contribution in [1.82, 2.24) is 0 Å². The zero-order valence-electron chi connectivity index (χ0n) is 37.5. The second-order valence-electron chi connectivity index (χ2n) is 15.7. The number of hydrogen-bond acceptors (Lipinski definition) is 7. The number of unbranched alkanes of at least 4 members (excludes halogenated alkanes) is 10. The van der Waals surface area contributed by atoms with Crippen LogP contribution in [0, 0.1) is 0 Å². The molecule has 0 N–H and O–H groups in total. The van der Waals surface area contributed by atoms with Gasteiger partial charge in [0, 0.05) is 13.0 Å². The number of phosphoric ester groups is 1. The molecule has 0 spiro atoms. The molecule has 0 amide bonds. The van der Waals surface area contributed by atoms with Gasteiger partial charge in [0.1, 0.15) is 19.3 Å². The van der Waals surface area contributed by atoms with Crippen molar-refractivity contribution < 1.29 is 37.3 Å². The van der Waals surface area contributed by atoms with Gasteiger partial charge in [-0.1, -0.05) is 143 Å². The van der Waals surface area contributed by atoms with Crippen molar-refractivity contribution in [3.63, 3.8) is 0 Å². The molecule has 0 bridgehead atoms. The Kier molecular flexibility index (Phi) is 39.3. The number of carbonyl (C=O) groups is 1. The summed E-state index contributed by atoms with van der Waals surface area (Å²) in [5, 5.41) is 0. The fourth-order valence-electron chi connectivity index (χ4n) is 5.40. The number of carbonyl (C=O) groups excluding carboxylic acids is 1. The fraction of sp³-hybridized carbons (Fsp3) is 0.653. The van der Waals surface area contributed by atoms with Gasteiger partial charge in [0.05, 0.1) is 34.4 Å². The molecule has 0 saturated carbocycles. The fourth-order valence-corrected chi connectivity index (χ4v) is 6.13. The van der Waals surface area contributed by atoms with Crippen LogP contribution in [0.5, 0.6) is 0 Å². The largest absolute Gasteiger partial charge is 0.756 e. The minimum Gasteiger partial charge on any atom is -0.756 e. The van der Waals surface area contributed by atoms with Crippen molar-refractivity contribution in [3.05, 3.63) is 97.2 Å². The zero-order chi connectivity index (χ0) is 42.7. The molecule has 0 radical (unpaired) electrons. The van der Waals surface area contributed by atoms with E-state index in [0.29, 0.717) is 17.6 Å². The quantitative estimate of drug-likeness (QED) is 0.0200. The first-order chi connectivity index (χ1) is 28.1. The molecule has 0 aromatic heterocycles. The number of nitrogens with zero attached hydrogens (tertiary/aromatic N) is 1. The van der Waals surface area contributed by atoms with E-state index >= 15 is 0 Å². The molecule has 58 heavy (non-hydrogen) atoms. The van der Waals surface area contributed by atoms with Gasteiger partial charge in [-0.05, 0) is 96.3 Å². The van der Waals surface area contributed by atoms with Gasteiger partial charge in [0.25, 0.3) is 7.82 Å². The number of ether oxygens (including phenoxy) is 2. The molecule has 0 aromatic carbocycles. The summed E-state index contributed by atoms with van der Waals surface area (Å²) in [5.74, 6) is -0.365. The Morgan fingerprint density at radius 2 is 1.00 bits per heavy atom. The van der Waals surface area contributed by atoms with E-state index in [1.807, 2.05) is 21.1 Å². The van der Waals surface area contributed by atoms with Crippen LogP contribution in [0.2, 0.25) is 0 Å². The van der Waals surface area contributed by atoms with Crippen molar-refractivity contribution >= 4 is 13.8 Å². The Morgan fingerprint density at radius 1 is 0.552 bits per heavy atom. The van der Waals surface area contributed by atoms with Gasteiger partial charge in [-0.2, -0.15) is 0 Å². The highest BCUT2D eigenvalue weighted by molar-refractivity contribution is 7.45. The van der Waals surface area contributed by atoms with Crippen molar-refractivity contribution in [1.29, 1.82) is 0 Å². The number of quaternary nitrogens is 1. The molecule has 0 heterocycles. The molecule has 8 nitrogen and oxygen atoms in total. The van der Waals surface area contributed by atoms with Crippen LogP contribution >= 0.6 is 7.82 Å². The van der Waals surface area contributed by atoms with Crippen molar-refractivity contribution in [2.45, 2.75) is 155 Å². The number of phosphoric acid groups is 1. The van der Waals surface area contributed by atoms with Gasteiger partial charge in [0.15, 0.2) is 0 Å². The van der Waals surface area contributed by atoms with Crippen LogP contribution in [-0.4, -0.2) is 70.7 Å². The highest BCUT2D eigenvalue weighted by atomic mass is 31.2. The highest BCUT2D eigenvalue weighted by Gasteiger charge is 2.20. The Morgan fingerprint density at radius 3 is 1.52 bits per heavy atom. The summed E-state index contributed by atoms with van der Waals surface area (Å²) in [6.07, 6.45) is 55.8. The van der Waals surface area contributed by atoms with Gasteiger partial charge in [0.2, 0.25) is 0 Å². The van der Waals surface area contributed by atoms with Gasteiger partial charge < -0.3 is 27.9 Å². The molecule has 0 saturated heterocycles. The maximum atomic E-state index is 12.6. The van der Waals surface area contributed by atoms with Crippen molar-refractivity contribution in [2.24, 2.45) is 0 Å². The molecule has 2 unspecified atom stereocenters. The second-order valence-corrected chi connectivity index (χ2v) is 17.1. The van der Waals surface area contributed by atoms with Gasteiger partial charge >= 0.3 is 5.97 Å². The Balaban J connectivity index is 4.32. The monoisotopic (exact) mass is 830 g/mol. The average molecular weight is 830 g/mol. The predicted molar refractivity (Wildman–Crippen MR) is 245 cm³/mol. The van der Waals surface area contributed by atoms with Gasteiger partial charge in [-0.25, -0.2) is 0 Å². The number of likely N-dealkylation sites (N-methyl/N-ethyl adjacent to an activating group) is 1. The second kappa shape index (κ2) is 41.2. The minimum atomic E-state index is -4.54. The molecule has 9 heteroatoms. The molecular formula is C49H84NO7P. The van der Waals surface area contributed by atoms with Crippen LogP contribution in [0.25, 0.3) is 0 Å². The lowest BCUT2D eigenvalue weighted by molar-refractivity contribution is -0.870. The predicted octanol–water partition coefficient (Wildman–Crippen LogP) is 12.8. The molecule has 2 atom stereocenters. The molecule has 0 aliphatic heterocycles. The summed E-state index contributed by atoms with van der Waals surface area (Å²) in [7, 11) is 1.30. The van der Waals surface area contributed by atoms with Crippen molar-refractivity contribution in [2.75, 3.05) is 54.1 Å². The summed E-state index contributed by atoms with van der Waals surface area (Å²) in [4.78, 5) is 25.0. The summed E-state index contributed by atoms with van der Waals surface area (Å²) in [6, 6.07) is 0. The summed E-state index contributed by atoms with van der Waals surface area (Å²) < 4.78 is 34.5. The summed E-state index contributed by atoms with van der Waals surface area (Å²) in [5.41, 5.74) is 0. The molecule has 332 valence electrons. The standard InChI is InChI=1S/C49H84NO7P/c1-6-8-10-12-14-16-18-20-21-22-23-24-25-26-27-28-29-30-31-33-35-37-39-41-44-54-46-48(47-56-58(52,53)55-45-43-50(3,4)5)57-49(51)42-40-38-36-34-32-19-17-15-13-11-9-7-2/h8,10,14-17,20-21,23-24,26-27,29-30,33,35,48H,6-7,9,11-13,18-19,22,25,28,31-32,34,36-47H2,1-5H3/b10-8-,16-14-,17-15-,21-20-,24-23-,27-26-,30-29-,35-33-. The highest BCUT2D eigenvalue weighted by Crippen LogP contribution is 2.38. The lowest BCUT2D eigenvalue weighted by atomic mass is 10.1. The van der Waals surface area contributed by atoms with Gasteiger partial charge in [-0.3, -0.25) is 9.36 Å². The number of esters is 1. The number of hydrogen-bond donors (Lipinski definition) is 0. The molecule has 0 rings (SSSR count). The number of rotatable bonds is 40. The first kappa shape index (κ1) is 55.4. The van der Waals surface area contributed by atoms with Crippen LogP contribution in [0.4, 0.5) is 0 Å². The maximum absolute atomic E-state index is 12.6. The van der Waals surface area contributed by atoms with Crippen LogP contribution in [0.1, 0.15) is 149 Å². The normalized spacial score (nSPS) is 14.7. The van der Waals surface area contributed by atoms with Crippen LogP contribution < -0.4 is 4.89 Å². The Labute approximate surface area is 356 Å². The lowest BCUT2D eigenvalue weighted by Gasteiger charge is -2.28. The SMILES string of the molecule is CC/C=C\C/C=C\C/C=C\C/C=C\C/C=C\C/C=C\C/C=C\CCCCOCC(COP(=O)([O-])OCC[N+](C)(C)C)OC(=O)CCCCCCC/C=C\CCCCC. The molecule has 0 aliphatic rings. The zero-order valence-corrected chi connectivity index (χ0v) is 38.3. The van der Waals surface area contributed by atoms with E-state index in [4.69, 9.17) is 18.5 Å². The van der Waals surface area contributed by atoms with E-state index in [0.717, 1.165) is 103 Å². The third-order valence-electron chi connectivity index (χ3n) is 8.87.